The number of nitrogens with zero attached hydrogens (tertiary/aromatic N) is 2. The number of ether oxygens (including phenoxy) is 1. The van der Waals surface area contributed by atoms with Crippen LogP contribution in [0.1, 0.15) is 20.3 Å². The molecule has 0 aliphatic heterocycles. The molecular formula is C11H22N4O. The Bertz CT molecular complexity index is 333. The van der Waals surface area contributed by atoms with Crippen molar-refractivity contribution in [1.82, 2.24) is 9.78 Å². The van der Waals surface area contributed by atoms with E-state index in [-0.39, 0.29) is 5.41 Å². The van der Waals surface area contributed by atoms with E-state index in [2.05, 4.69) is 24.3 Å². The highest BCUT2D eigenvalue weighted by atomic mass is 16.5. The maximum Gasteiger partial charge on any atom is 0.171 e. The Morgan fingerprint density at radius 1 is 1.56 bits per heavy atom. The molecule has 0 atom stereocenters. The number of nitrogen functional groups attached to an aromatic ring is 1. The standard InChI is InChI=1S/C11H22N4O/c1-11(2,5-6-16-4)8-13-10-9(12)7-15(3)14-10/h7H,5-6,8,12H2,1-4H3,(H,13,14). The molecule has 0 saturated carbocycles. The minimum atomic E-state index is 0.167. The summed E-state index contributed by atoms with van der Waals surface area (Å²) < 4.78 is 6.79. The number of anilines is 2. The van der Waals surface area contributed by atoms with Gasteiger partial charge in [0.25, 0.3) is 0 Å². The molecule has 0 radical (unpaired) electrons. The third-order valence-electron chi connectivity index (χ3n) is 2.57. The van der Waals surface area contributed by atoms with Gasteiger partial charge in [0.05, 0.1) is 5.69 Å². The summed E-state index contributed by atoms with van der Waals surface area (Å²) in [7, 11) is 3.58. The molecule has 0 aromatic carbocycles. The van der Waals surface area contributed by atoms with E-state index in [4.69, 9.17) is 10.5 Å². The monoisotopic (exact) mass is 226 g/mol. The lowest BCUT2D eigenvalue weighted by Crippen LogP contribution is -2.25. The molecule has 0 bridgehead atoms. The van der Waals surface area contributed by atoms with Crippen molar-refractivity contribution in [2.24, 2.45) is 12.5 Å². The topological polar surface area (TPSA) is 65.1 Å². The predicted molar refractivity (Wildman–Crippen MR) is 66.4 cm³/mol. The van der Waals surface area contributed by atoms with Gasteiger partial charge in [-0.25, -0.2) is 0 Å². The number of rotatable bonds is 6. The van der Waals surface area contributed by atoms with Crippen LogP contribution in [0, 0.1) is 5.41 Å². The van der Waals surface area contributed by atoms with Crippen molar-refractivity contribution in [1.29, 1.82) is 0 Å². The molecule has 1 heterocycles. The van der Waals surface area contributed by atoms with Gasteiger partial charge in [-0.2, -0.15) is 5.10 Å². The maximum absolute atomic E-state index is 5.80. The van der Waals surface area contributed by atoms with Crippen molar-refractivity contribution in [2.45, 2.75) is 20.3 Å². The van der Waals surface area contributed by atoms with E-state index in [1.54, 1.807) is 18.0 Å². The molecule has 0 unspecified atom stereocenters. The van der Waals surface area contributed by atoms with E-state index in [1.165, 1.54) is 0 Å². The Balaban J connectivity index is 2.47. The van der Waals surface area contributed by atoms with Crippen LogP contribution in [0.25, 0.3) is 0 Å². The van der Waals surface area contributed by atoms with Crippen LogP contribution in [0.2, 0.25) is 0 Å². The zero-order valence-electron chi connectivity index (χ0n) is 10.6. The Morgan fingerprint density at radius 3 is 2.75 bits per heavy atom. The number of aromatic nitrogens is 2. The van der Waals surface area contributed by atoms with Gasteiger partial charge in [-0.3, -0.25) is 4.68 Å². The van der Waals surface area contributed by atoms with Crippen molar-refractivity contribution in [3.05, 3.63) is 6.20 Å². The molecule has 3 N–H and O–H groups in total. The van der Waals surface area contributed by atoms with Gasteiger partial charge in [-0.05, 0) is 11.8 Å². The maximum atomic E-state index is 5.80. The Kier molecular flexibility index (Phi) is 4.18. The lowest BCUT2D eigenvalue weighted by molar-refractivity contribution is 0.157. The zero-order valence-corrected chi connectivity index (χ0v) is 10.6. The van der Waals surface area contributed by atoms with Crippen LogP contribution in [-0.2, 0) is 11.8 Å². The fraction of sp³-hybridized carbons (Fsp3) is 0.727. The summed E-state index contributed by atoms with van der Waals surface area (Å²) >= 11 is 0. The first-order valence-electron chi connectivity index (χ1n) is 5.46. The normalized spacial score (nSPS) is 11.8. The summed E-state index contributed by atoms with van der Waals surface area (Å²) in [5, 5.41) is 7.51. The average molecular weight is 226 g/mol. The summed E-state index contributed by atoms with van der Waals surface area (Å²) in [5.74, 6) is 0.757. The SMILES string of the molecule is COCCC(C)(C)CNc1nn(C)cc1N. The molecule has 0 aliphatic rings. The fourth-order valence-corrected chi connectivity index (χ4v) is 1.43. The highest BCUT2D eigenvalue weighted by Gasteiger charge is 2.18. The molecule has 0 aliphatic carbocycles. The number of aryl methyl sites for hydroxylation is 1. The first-order valence-corrected chi connectivity index (χ1v) is 5.46. The van der Waals surface area contributed by atoms with E-state index in [9.17, 15) is 0 Å². The number of hydrogen-bond acceptors (Lipinski definition) is 4. The van der Waals surface area contributed by atoms with Crippen LogP contribution in [0.5, 0.6) is 0 Å². The largest absolute Gasteiger partial charge is 0.394 e. The highest BCUT2D eigenvalue weighted by Crippen LogP contribution is 2.22. The van der Waals surface area contributed by atoms with Gasteiger partial charge in [0.1, 0.15) is 0 Å². The molecule has 5 nitrogen and oxygen atoms in total. The molecule has 92 valence electrons. The third-order valence-corrected chi connectivity index (χ3v) is 2.57. The third kappa shape index (κ3) is 3.73. The molecule has 1 aromatic heterocycles. The zero-order chi connectivity index (χ0) is 12.2. The number of nitrogens with one attached hydrogen (secondary N) is 1. The number of nitrogens with two attached hydrogens (primary N) is 1. The first kappa shape index (κ1) is 12.8. The summed E-state index contributed by atoms with van der Waals surface area (Å²) in [4.78, 5) is 0. The van der Waals surface area contributed by atoms with Gasteiger partial charge < -0.3 is 15.8 Å². The molecule has 0 spiro atoms. The second-order valence-corrected chi connectivity index (χ2v) is 4.87. The van der Waals surface area contributed by atoms with Crippen molar-refractivity contribution in [3.63, 3.8) is 0 Å². The lowest BCUT2D eigenvalue weighted by Gasteiger charge is -2.24. The van der Waals surface area contributed by atoms with E-state index in [0.717, 1.165) is 25.4 Å². The second-order valence-electron chi connectivity index (χ2n) is 4.87. The van der Waals surface area contributed by atoms with Gasteiger partial charge in [0, 0.05) is 33.5 Å². The van der Waals surface area contributed by atoms with Crippen LogP contribution in [0.4, 0.5) is 11.5 Å². The average Bonchev–Trinajstić information content (AvgIpc) is 2.52. The van der Waals surface area contributed by atoms with E-state index in [1.807, 2.05) is 7.05 Å². The molecular weight excluding hydrogens is 204 g/mol. The smallest absolute Gasteiger partial charge is 0.171 e. The second kappa shape index (κ2) is 5.21. The van der Waals surface area contributed by atoms with E-state index in [0.29, 0.717) is 5.69 Å². The number of hydrogen-bond donors (Lipinski definition) is 2. The minimum absolute atomic E-state index is 0.167. The van der Waals surface area contributed by atoms with Crippen LogP contribution in [-0.4, -0.2) is 30.0 Å². The first-order chi connectivity index (χ1) is 7.44. The van der Waals surface area contributed by atoms with Crippen molar-refractivity contribution in [3.8, 4) is 0 Å². The van der Waals surface area contributed by atoms with E-state index < -0.39 is 0 Å². The molecule has 0 amide bonds. The highest BCUT2D eigenvalue weighted by molar-refractivity contribution is 5.59. The van der Waals surface area contributed by atoms with Gasteiger partial charge in [-0.15, -0.1) is 0 Å². The lowest BCUT2D eigenvalue weighted by atomic mass is 9.90. The summed E-state index contributed by atoms with van der Waals surface area (Å²) in [6, 6.07) is 0. The van der Waals surface area contributed by atoms with Crippen LogP contribution in [0.15, 0.2) is 6.20 Å². The molecule has 0 saturated heterocycles. The summed E-state index contributed by atoms with van der Waals surface area (Å²) in [5.41, 5.74) is 6.65. The van der Waals surface area contributed by atoms with Crippen molar-refractivity contribution >= 4 is 11.5 Å². The predicted octanol–water partition coefficient (Wildman–Crippen LogP) is 1.48. The summed E-state index contributed by atoms with van der Waals surface area (Å²) in [6.45, 7) is 5.99. The molecule has 5 heteroatoms. The molecule has 1 aromatic rings. The Hall–Kier alpha value is -1.23. The Labute approximate surface area is 97.0 Å². The van der Waals surface area contributed by atoms with Crippen molar-refractivity contribution in [2.75, 3.05) is 31.3 Å². The number of methoxy groups -OCH3 is 1. The van der Waals surface area contributed by atoms with Gasteiger partial charge in [0.15, 0.2) is 5.82 Å². The fourth-order valence-electron chi connectivity index (χ4n) is 1.43. The van der Waals surface area contributed by atoms with Gasteiger partial charge >= 0.3 is 0 Å². The molecule has 16 heavy (non-hydrogen) atoms. The van der Waals surface area contributed by atoms with Crippen LogP contribution >= 0.6 is 0 Å². The quantitative estimate of drug-likeness (QED) is 0.771. The van der Waals surface area contributed by atoms with Crippen LogP contribution in [0.3, 0.4) is 0 Å². The van der Waals surface area contributed by atoms with Gasteiger partial charge in [0.2, 0.25) is 0 Å². The van der Waals surface area contributed by atoms with Crippen LogP contribution < -0.4 is 11.1 Å². The Morgan fingerprint density at radius 2 is 2.25 bits per heavy atom. The van der Waals surface area contributed by atoms with E-state index >= 15 is 0 Å². The molecule has 1 rings (SSSR count). The summed E-state index contributed by atoms with van der Waals surface area (Å²) in [6.07, 6.45) is 2.80. The van der Waals surface area contributed by atoms with Gasteiger partial charge in [-0.1, -0.05) is 13.8 Å². The minimum Gasteiger partial charge on any atom is -0.394 e. The molecule has 0 fully saturated rings. The van der Waals surface area contributed by atoms with Crippen molar-refractivity contribution < 1.29 is 4.74 Å².